The Hall–Kier alpha value is -2.10. The highest BCUT2D eigenvalue weighted by molar-refractivity contribution is 5.98. The zero-order valence-corrected chi connectivity index (χ0v) is 11.5. The highest BCUT2D eigenvalue weighted by atomic mass is 16.5. The molecular weight excluding hydrogens is 252 g/mol. The Labute approximate surface area is 118 Å². The normalized spacial score (nSPS) is 25.1. The van der Waals surface area contributed by atoms with Crippen molar-refractivity contribution in [1.29, 1.82) is 0 Å². The van der Waals surface area contributed by atoms with Crippen molar-refractivity contribution in [1.82, 2.24) is 5.43 Å². The number of hydrogen-bond acceptors (Lipinski definition) is 3. The van der Waals surface area contributed by atoms with Crippen LogP contribution >= 0.6 is 0 Å². The van der Waals surface area contributed by atoms with Crippen molar-refractivity contribution >= 4 is 11.6 Å². The Morgan fingerprint density at radius 2 is 2.20 bits per heavy atom. The van der Waals surface area contributed by atoms with Crippen molar-refractivity contribution in [2.75, 3.05) is 6.61 Å². The molecule has 1 fully saturated rings. The van der Waals surface area contributed by atoms with Crippen LogP contribution in [-0.2, 0) is 0 Å². The molecule has 1 N–H and O–H groups in total. The fourth-order valence-corrected chi connectivity index (χ4v) is 2.72. The number of fused-ring (bicyclic) bond motifs is 1. The maximum absolute atomic E-state index is 12.0. The molecule has 104 valence electrons. The van der Waals surface area contributed by atoms with E-state index in [9.17, 15) is 4.79 Å². The maximum atomic E-state index is 12.0. The topological polar surface area (TPSA) is 50.7 Å². The van der Waals surface area contributed by atoms with Crippen molar-refractivity contribution in [3.63, 3.8) is 0 Å². The van der Waals surface area contributed by atoms with Gasteiger partial charge in [-0.1, -0.05) is 12.2 Å². The monoisotopic (exact) mass is 270 g/mol. The van der Waals surface area contributed by atoms with Crippen molar-refractivity contribution in [2.24, 2.45) is 16.9 Å². The average Bonchev–Trinajstić information content (AvgIpc) is 2.81. The number of rotatable bonds is 4. The largest absolute Gasteiger partial charge is 0.494 e. The molecule has 4 heteroatoms. The second kappa shape index (κ2) is 5.49. The average molecular weight is 270 g/mol. The molecule has 1 saturated carbocycles. The van der Waals surface area contributed by atoms with E-state index in [4.69, 9.17) is 4.74 Å². The van der Waals surface area contributed by atoms with Gasteiger partial charge in [-0.25, -0.2) is 5.43 Å². The zero-order valence-electron chi connectivity index (χ0n) is 11.5. The summed E-state index contributed by atoms with van der Waals surface area (Å²) in [4.78, 5) is 12.0. The molecular formula is C16H18N2O2. The van der Waals surface area contributed by atoms with Gasteiger partial charge in [0.15, 0.2) is 0 Å². The summed E-state index contributed by atoms with van der Waals surface area (Å²) in [7, 11) is 0. The molecule has 0 bridgehead atoms. The SMILES string of the molecule is CCOc1ccc(C(=O)N/N=C2/C[C@@H]3C=CC[C@@H]23)cc1. The van der Waals surface area contributed by atoms with Crippen molar-refractivity contribution < 1.29 is 9.53 Å². The predicted molar refractivity (Wildman–Crippen MR) is 77.9 cm³/mol. The van der Waals surface area contributed by atoms with E-state index in [2.05, 4.69) is 22.7 Å². The molecule has 2 aliphatic rings. The van der Waals surface area contributed by atoms with Gasteiger partial charge in [0.25, 0.3) is 5.91 Å². The lowest BCUT2D eigenvalue weighted by Crippen LogP contribution is -2.35. The van der Waals surface area contributed by atoms with Crippen LogP contribution in [0.2, 0.25) is 0 Å². The first-order valence-corrected chi connectivity index (χ1v) is 7.04. The molecule has 0 aromatic heterocycles. The number of carbonyl (C=O) groups is 1. The van der Waals surface area contributed by atoms with Crippen LogP contribution in [-0.4, -0.2) is 18.2 Å². The van der Waals surface area contributed by atoms with Crippen LogP contribution in [0.1, 0.15) is 30.1 Å². The highest BCUT2D eigenvalue weighted by Gasteiger charge is 2.37. The lowest BCUT2D eigenvalue weighted by Gasteiger charge is -2.31. The summed E-state index contributed by atoms with van der Waals surface area (Å²) in [5, 5.41) is 4.25. The van der Waals surface area contributed by atoms with Gasteiger partial charge < -0.3 is 4.74 Å². The van der Waals surface area contributed by atoms with Gasteiger partial charge in [0.05, 0.1) is 6.61 Å². The molecule has 0 spiro atoms. The van der Waals surface area contributed by atoms with E-state index in [0.29, 0.717) is 24.0 Å². The van der Waals surface area contributed by atoms with Gasteiger partial charge in [0, 0.05) is 17.2 Å². The number of hydrogen-bond donors (Lipinski definition) is 1. The van der Waals surface area contributed by atoms with Gasteiger partial charge in [0.1, 0.15) is 5.75 Å². The van der Waals surface area contributed by atoms with E-state index >= 15 is 0 Å². The second-order valence-electron chi connectivity index (χ2n) is 5.14. The van der Waals surface area contributed by atoms with Gasteiger partial charge in [-0.15, -0.1) is 0 Å². The van der Waals surface area contributed by atoms with Crippen LogP contribution in [0.5, 0.6) is 5.75 Å². The summed E-state index contributed by atoms with van der Waals surface area (Å²) in [5.74, 6) is 1.77. The van der Waals surface area contributed by atoms with E-state index in [1.165, 1.54) is 0 Å². The minimum atomic E-state index is -0.171. The van der Waals surface area contributed by atoms with E-state index in [1.807, 2.05) is 6.92 Å². The first-order valence-electron chi connectivity index (χ1n) is 7.04. The van der Waals surface area contributed by atoms with Crippen LogP contribution in [0.4, 0.5) is 0 Å². The van der Waals surface area contributed by atoms with Gasteiger partial charge in [-0.2, -0.15) is 5.10 Å². The lowest BCUT2D eigenvalue weighted by molar-refractivity contribution is 0.0954. The number of hydrazone groups is 1. The molecule has 4 nitrogen and oxygen atoms in total. The first-order chi connectivity index (χ1) is 9.78. The first kappa shape index (κ1) is 12.9. The van der Waals surface area contributed by atoms with Crippen LogP contribution in [0, 0.1) is 11.8 Å². The van der Waals surface area contributed by atoms with Crippen LogP contribution in [0.3, 0.4) is 0 Å². The van der Waals surface area contributed by atoms with E-state index in [1.54, 1.807) is 24.3 Å². The summed E-state index contributed by atoms with van der Waals surface area (Å²) in [6.07, 6.45) is 6.48. The number of nitrogens with zero attached hydrogens (tertiary/aromatic N) is 1. The molecule has 1 amide bonds. The molecule has 1 aromatic carbocycles. The Balaban J connectivity index is 1.58. The fourth-order valence-electron chi connectivity index (χ4n) is 2.72. The number of nitrogens with one attached hydrogen (secondary N) is 1. The molecule has 20 heavy (non-hydrogen) atoms. The Kier molecular flexibility index (Phi) is 3.54. The number of amides is 1. The molecule has 0 radical (unpaired) electrons. The van der Waals surface area contributed by atoms with E-state index in [0.717, 1.165) is 24.3 Å². The minimum Gasteiger partial charge on any atom is -0.494 e. The molecule has 2 atom stereocenters. The Bertz CT molecular complexity index is 560. The summed E-state index contributed by atoms with van der Waals surface area (Å²) < 4.78 is 5.35. The van der Waals surface area contributed by atoms with Crippen LogP contribution < -0.4 is 10.2 Å². The third kappa shape index (κ3) is 2.46. The third-order valence-electron chi connectivity index (χ3n) is 3.89. The van der Waals surface area contributed by atoms with Gasteiger partial charge in [-0.3, -0.25) is 4.79 Å². The van der Waals surface area contributed by atoms with Crippen molar-refractivity contribution in [3.8, 4) is 5.75 Å². The van der Waals surface area contributed by atoms with Crippen molar-refractivity contribution in [3.05, 3.63) is 42.0 Å². The zero-order chi connectivity index (χ0) is 13.9. The maximum Gasteiger partial charge on any atom is 0.271 e. The molecule has 1 aromatic rings. The van der Waals surface area contributed by atoms with Crippen LogP contribution in [0.15, 0.2) is 41.5 Å². The van der Waals surface area contributed by atoms with Gasteiger partial charge >= 0.3 is 0 Å². The summed E-state index contributed by atoms with van der Waals surface area (Å²) >= 11 is 0. The Morgan fingerprint density at radius 3 is 2.90 bits per heavy atom. The number of benzene rings is 1. The van der Waals surface area contributed by atoms with E-state index < -0.39 is 0 Å². The smallest absolute Gasteiger partial charge is 0.271 e. The van der Waals surface area contributed by atoms with E-state index in [-0.39, 0.29) is 5.91 Å². The molecule has 3 rings (SSSR count). The molecule has 0 heterocycles. The van der Waals surface area contributed by atoms with Gasteiger partial charge in [0.2, 0.25) is 0 Å². The third-order valence-corrected chi connectivity index (χ3v) is 3.89. The summed E-state index contributed by atoms with van der Waals surface area (Å²) in [5.41, 5.74) is 4.35. The fraction of sp³-hybridized carbons (Fsp3) is 0.375. The van der Waals surface area contributed by atoms with Gasteiger partial charge in [-0.05, 0) is 49.9 Å². The standard InChI is InChI=1S/C16H18N2O2/c1-2-20-13-8-6-11(7-9-13)16(19)18-17-15-10-12-4-3-5-14(12)15/h3-4,6-9,12,14H,2,5,10H2,1H3,(H,18,19)/b17-15-/t12-,14+/m0/s1. The molecule has 0 saturated heterocycles. The number of carbonyl (C=O) groups excluding carboxylic acids is 1. The summed E-state index contributed by atoms with van der Waals surface area (Å²) in [6, 6.07) is 7.10. The number of ether oxygens (including phenoxy) is 1. The van der Waals surface area contributed by atoms with Crippen molar-refractivity contribution in [2.45, 2.75) is 19.8 Å². The number of allylic oxidation sites excluding steroid dienone is 2. The van der Waals surface area contributed by atoms with Crippen LogP contribution in [0.25, 0.3) is 0 Å². The lowest BCUT2D eigenvalue weighted by atomic mass is 9.74. The molecule has 0 aliphatic heterocycles. The highest BCUT2D eigenvalue weighted by Crippen LogP contribution is 2.40. The quantitative estimate of drug-likeness (QED) is 0.675. The molecule has 0 unspecified atom stereocenters. The molecule has 2 aliphatic carbocycles. The predicted octanol–water partition coefficient (Wildman–Crippen LogP) is 2.77. The Morgan fingerprint density at radius 1 is 1.40 bits per heavy atom. The second-order valence-corrected chi connectivity index (χ2v) is 5.14. The summed E-state index contributed by atoms with van der Waals surface area (Å²) in [6.45, 7) is 2.55. The minimum absolute atomic E-state index is 0.171.